The Hall–Kier alpha value is -1.60. The van der Waals surface area contributed by atoms with E-state index in [0.717, 1.165) is 25.7 Å². The second kappa shape index (κ2) is 9.64. The summed E-state index contributed by atoms with van der Waals surface area (Å²) < 4.78 is 5.72. The highest BCUT2D eigenvalue weighted by Crippen LogP contribution is 2.18. The predicted octanol–water partition coefficient (Wildman–Crippen LogP) is 0.829. The van der Waals surface area contributed by atoms with Crippen LogP contribution in [0.3, 0.4) is 0 Å². The van der Waals surface area contributed by atoms with Gasteiger partial charge in [0.2, 0.25) is 5.91 Å². The summed E-state index contributed by atoms with van der Waals surface area (Å²) in [6, 6.07) is -0.407. The van der Waals surface area contributed by atoms with Gasteiger partial charge < -0.3 is 25.8 Å². The molecular formula is C17H29N3O4. The Morgan fingerprint density at radius 2 is 1.92 bits per heavy atom. The number of hydrogen-bond acceptors (Lipinski definition) is 4. The molecule has 24 heavy (non-hydrogen) atoms. The van der Waals surface area contributed by atoms with Crippen LogP contribution in [-0.2, 0) is 9.53 Å². The van der Waals surface area contributed by atoms with E-state index in [1.807, 2.05) is 6.92 Å². The highest BCUT2D eigenvalue weighted by molar-refractivity contribution is 5.77. The Labute approximate surface area is 143 Å². The van der Waals surface area contributed by atoms with Gasteiger partial charge in [0, 0.05) is 12.6 Å². The third-order valence-corrected chi connectivity index (χ3v) is 4.46. The van der Waals surface area contributed by atoms with Crippen LogP contribution in [0.15, 0.2) is 12.2 Å². The first-order valence-electron chi connectivity index (χ1n) is 8.90. The maximum Gasteiger partial charge on any atom is 0.315 e. The Kier molecular flexibility index (Phi) is 7.52. The van der Waals surface area contributed by atoms with E-state index in [2.05, 4.69) is 16.0 Å². The molecule has 7 heteroatoms. The first-order valence-corrected chi connectivity index (χ1v) is 8.90. The van der Waals surface area contributed by atoms with Gasteiger partial charge in [-0.25, -0.2) is 4.79 Å². The largest absolute Gasteiger partial charge is 0.394 e. The fourth-order valence-corrected chi connectivity index (χ4v) is 3.21. The molecule has 1 fully saturated rings. The molecule has 2 rings (SSSR count). The molecule has 3 amide bonds. The van der Waals surface area contributed by atoms with Crippen molar-refractivity contribution in [3.8, 4) is 0 Å². The normalized spacial score (nSPS) is 27.5. The standard InChI is InChI=1S/C17H29N3O4/c1-2-18-16(22)10-13-8-9-14(15(11-21)24-13)20-17(23)19-12-6-4-3-5-7-12/h8-9,12-15,21H,2-7,10-11H2,1H3,(H,18,22)(H2,19,20,23)/t13-,14+,15-/m1/s1. The van der Waals surface area contributed by atoms with Crippen LogP contribution in [0.5, 0.6) is 0 Å². The second-order valence-electron chi connectivity index (χ2n) is 6.42. The van der Waals surface area contributed by atoms with Gasteiger partial charge in [0.25, 0.3) is 0 Å². The van der Waals surface area contributed by atoms with Crippen molar-refractivity contribution in [2.45, 2.75) is 69.7 Å². The van der Waals surface area contributed by atoms with E-state index in [1.165, 1.54) is 6.42 Å². The average molecular weight is 339 g/mol. The fourth-order valence-electron chi connectivity index (χ4n) is 3.21. The topological polar surface area (TPSA) is 99.7 Å². The molecule has 1 saturated carbocycles. The van der Waals surface area contributed by atoms with Crippen LogP contribution < -0.4 is 16.0 Å². The zero-order valence-electron chi connectivity index (χ0n) is 14.3. The van der Waals surface area contributed by atoms with Crippen LogP contribution in [0.1, 0.15) is 45.4 Å². The lowest BCUT2D eigenvalue weighted by Gasteiger charge is -2.32. The van der Waals surface area contributed by atoms with E-state index >= 15 is 0 Å². The van der Waals surface area contributed by atoms with E-state index < -0.39 is 12.1 Å². The van der Waals surface area contributed by atoms with Gasteiger partial charge in [0.1, 0.15) is 6.10 Å². The van der Waals surface area contributed by atoms with E-state index in [4.69, 9.17) is 4.74 Å². The van der Waals surface area contributed by atoms with Gasteiger partial charge >= 0.3 is 6.03 Å². The van der Waals surface area contributed by atoms with Gasteiger partial charge in [-0.2, -0.15) is 0 Å². The van der Waals surface area contributed by atoms with Crippen LogP contribution in [0.25, 0.3) is 0 Å². The zero-order valence-corrected chi connectivity index (χ0v) is 14.3. The van der Waals surface area contributed by atoms with E-state index in [9.17, 15) is 14.7 Å². The molecule has 4 N–H and O–H groups in total. The summed E-state index contributed by atoms with van der Waals surface area (Å²) in [5.41, 5.74) is 0. The Morgan fingerprint density at radius 1 is 1.17 bits per heavy atom. The van der Waals surface area contributed by atoms with Crippen LogP contribution in [0.4, 0.5) is 4.79 Å². The fraction of sp³-hybridized carbons (Fsp3) is 0.765. The number of amides is 3. The molecule has 0 aromatic rings. The summed E-state index contributed by atoms with van der Waals surface area (Å²) in [5, 5.41) is 18.1. The van der Waals surface area contributed by atoms with Crippen molar-refractivity contribution in [1.82, 2.24) is 16.0 Å². The molecule has 1 heterocycles. The van der Waals surface area contributed by atoms with Crippen molar-refractivity contribution in [2.24, 2.45) is 0 Å². The minimum absolute atomic E-state index is 0.0923. The number of carbonyl (C=O) groups is 2. The van der Waals surface area contributed by atoms with Gasteiger partial charge in [-0.15, -0.1) is 0 Å². The number of urea groups is 1. The number of aliphatic hydroxyl groups excluding tert-OH is 1. The Morgan fingerprint density at radius 3 is 2.58 bits per heavy atom. The molecule has 0 bridgehead atoms. The maximum absolute atomic E-state index is 12.1. The smallest absolute Gasteiger partial charge is 0.315 e. The van der Waals surface area contributed by atoms with E-state index in [1.54, 1.807) is 12.2 Å². The lowest BCUT2D eigenvalue weighted by molar-refractivity contribution is -0.125. The SMILES string of the molecule is CCNC(=O)C[C@H]1C=C[C@H](NC(=O)NC2CCCCC2)[C@@H](CO)O1. The number of carbonyl (C=O) groups excluding carboxylic acids is 2. The highest BCUT2D eigenvalue weighted by atomic mass is 16.5. The molecule has 0 aromatic heterocycles. The molecule has 0 unspecified atom stereocenters. The summed E-state index contributed by atoms with van der Waals surface area (Å²) in [5.74, 6) is -0.0923. The quantitative estimate of drug-likeness (QED) is 0.539. The van der Waals surface area contributed by atoms with E-state index in [0.29, 0.717) is 6.54 Å². The highest BCUT2D eigenvalue weighted by Gasteiger charge is 2.29. The third kappa shape index (κ3) is 5.79. The molecule has 7 nitrogen and oxygen atoms in total. The van der Waals surface area contributed by atoms with E-state index in [-0.39, 0.29) is 37.1 Å². The molecule has 2 aliphatic rings. The second-order valence-corrected chi connectivity index (χ2v) is 6.42. The maximum atomic E-state index is 12.1. The lowest BCUT2D eigenvalue weighted by Crippen LogP contribution is -2.53. The van der Waals surface area contributed by atoms with Crippen molar-refractivity contribution >= 4 is 11.9 Å². The number of aliphatic hydroxyl groups is 1. The minimum atomic E-state index is -0.550. The molecule has 3 atom stereocenters. The van der Waals surface area contributed by atoms with Crippen LogP contribution in [0.2, 0.25) is 0 Å². The summed E-state index contributed by atoms with van der Waals surface area (Å²) in [4.78, 5) is 23.7. The molecule has 0 spiro atoms. The number of rotatable bonds is 6. The zero-order chi connectivity index (χ0) is 17.4. The molecule has 1 aliphatic carbocycles. The molecule has 0 radical (unpaired) electrons. The molecule has 0 saturated heterocycles. The van der Waals surface area contributed by atoms with Crippen molar-refractivity contribution < 1.29 is 19.4 Å². The van der Waals surface area contributed by atoms with Gasteiger partial charge in [-0.3, -0.25) is 4.79 Å². The van der Waals surface area contributed by atoms with Crippen molar-refractivity contribution in [2.75, 3.05) is 13.2 Å². The van der Waals surface area contributed by atoms with Gasteiger partial charge in [0.05, 0.1) is 25.2 Å². The van der Waals surface area contributed by atoms with Crippen LogP contribution in [0, 0.1) is 0 Å². The molecular weight excluding hydrogens is 310 g/mol. The summed E-state index contributed by atoms with van der Waals surface area (Å²) in [6.07, 6.45) is 8.42. The molecule has 136 valence electrons. The first-order chi connectivity index (χ1) is 11.6. The summed E-state index contributed by atoms with van der Waals surface area (Å²) >= 11 is 0. The van der Waals surface area contributed by atoms with Gasteiger partial charge in [-0.1, -0.05) is 31.4 Å². The van der Waals surface area contributed by atoms with Crippen LogP contribution >= 0.6 is 0 Å². The summed E-state index contributed by atoms with van der Waals surface area (Å²) in [7, 11) is 0. The minimum Gasteiger partial charge on any atom is -0.394 e. The van der Waals surface area contributed by atoms with Gasteiger partial charge in [-0.05, 0) is 19.8 Å². The summed E-state index contributed by atoms with van der Waals surface area (Å²) in [6.45, 7) is 2.21. The third-order valence-electron chi connectivity index (χ3n) is 4.46. The van der Waals surface area contributed by atoms with Crippen molar-refractivity contribution in [3.05, 3.63) is 12.2 Å². The molecule has 1 aliphatic heterocycles. The molecule has 0 aromatic carbocycles. The predicted molar refractivity (Wildman–Crippen MR) is 90.5 cm³/mol. The number of hydrogen-bond donors (Lipinski definition) is 4. The number of nitrogens with one attached hydrogen (secondary N) is 3. The van der Waals surface area contributed by atoms with Gasteiger partial charge in [0.15, 0.2) is 0 Å². The first kappa shape index (κ1) is 18.7. The van der Waals surface area contributed by atoms with Crippen molar-refractivity contribution in [3.63, 3.8) is 0 Å². The van der Waals surface area contributed by atoms with Crippen molar-refractivity contribution in [1.29, 1.82) is 0 Å². The number of ether oxygens (including phenoxy) is 1. The Balaban J connectivity index is 1.83. The Bertz CT molecular complexity index is 449. The van der Waals surface area contributed by atoms with Crippen LogP contribution in [-0.4, -0.2) is 54.5 Å². The lowest BCUT2D eigenvalue weighted by atomic mass is 9.96. The monoisotopic (exact) mass is 339 g/mol. The average Bonchev–Trinajstić information content (AvgIpc) is 2.57.